The van der Waals surface area contributed by atoms with Crippen LogP contribution >= 0.6 is 11.8 Å². The van der Waals surface area contributed by atoms with Crippen LogP contribution in [0.4, 0.5) is 8.78 Å². The van der Waals surface area contributed by atoms with Crippen molar-refractivity contribution in [1.82, 2.24) is 10.2 Å². The summed E-state index contributed by atoms with van der Waals surface area (Å²) in [5.41, 5.74) is 2.52. The molecule has 1 N–H and O–H groups in total. The number of halogens is 2. The molecule has 2 atom stereocenters. The van der Waals surface area contributed by atoms with Crippen molar-refractivity contribution in [3.05, 3.63) is 70.8 Å². The molecule has 7 heteroatoms. The van der Waals surface area contributed by atoms with Gasteiger partial charge in [-0.3, -0.25) is 9.69 Å². The van der Waals surface area contributed by atoms with Crippen LogP contribution in [0.15, 0.2) is 42.5 Å². The molecule has 4 nitrogen and oxygen atoms in total. The van der Waals surface area contributed by atoms with Gasteiger partial charge >= 0.3 is 0 Å². The van der Waals surface area contributed by atoms with Gasteiger partial charge < -0.3 is 10.1 Å². The van der Waals surface area contributed by atoms with E-state index in [9.17, 15) is 13.6 Å². The van der Waals surface area contributed by atoms with Gasteiger partial charge in [-0.05, 0) is 61.5 Å². The number of benzene rings is 2. The summed E-state index contributed by atoms with van der Waals surface area (Å²) in [5, 5.41) is 3.18. The molecule has 0 saturated carbocycles. The first-order valence-corrected chi connectivity index (χ1v) is 11.9. The number of piperidine rings is 1. The summed E-state index contributed by atoms with van der Waals surface area (Å²) < 4.78 is 33.7. The smallest absolute Gasteiger partial charge is 0.230 e. The number of thioether (sulfide) groups is 1. The van der Waals surface area contributed by atoms with Gasteiger partial charge in [-0.15, -0.1) is 0 Å². The van der Waals surface area contributed by atoms with E-state index in [-0.39, 0.29) is 29.3 Å². The standard InChI is InChI=1S/C24H28F2N2O2S/c1-30-23-22(27-21(29)15-31-2)18-5-3-4-6-19(18)24(23)9-11-28(12-10-24)14-16-13-17(25)7-8-20(16)26/h3-8,13,22-23H,9-12,14-15H2,1-2H3,(H,27,29)/t22-,23+/m0/s1. The fraction of sp³-hybridized carbons (Fsp3) is 0.458. The van der Waals surface area contributed by atoms with E-state index in [1.54, 1.807) is 7.11 Å². The van der Waals surface area contributed by atoms with Gasteiger partial charge in [0.2, 0.25) is 5.91 Å². The van der Waals surface area contributed by atoms with Crippen LogP contribution in [0.1, 0.15) is 35.6 Å². The summed E-state index contributed by atoms with van der Waals surface area (Å²) >= 11 is 1.50. The van der Waals surface area contributed by atoms with Crippen LogP contribution in [-0.2, 0) is 21.5 Å². The lowest BCUT2D eigenvalue weighted by Crippen LogP contribution is -2.50. The van der Waals surface area contributed by atoms with Crippen molar-refractivity contribution in [1.29, 1.82) is 0 Å². The number of methoxy groups -OCH3 is 1. The average molecular weight is 447 g/mol. The Balaban J connectivity index is 1.55. The first-order chi connectivity index (χ1) is 15.0. The lowest BCUT2D eigenvalue weighted by molar-refractivity contribution is -0.121. The van der Waals surface area contributed by atoms with Crippen molar-refractivity contribution < 1.29 is 18.3 Å². The SMILES string of the molecule is CO[C@@H]1[C@@H](NC(=O)CSC)c2ccccc2C12CCN(Cc1cc(F)ccc1F)CC2. The molecule has 0 aromatic heterocycles. The van der Waals surface area contributed by atoms with E-state index >= 15 is 0 Å². The highest BCUT2D eigenvalue weighted by atomic mass is 32.2. The van der Waals surface area contributed by atoms with E-state index in [2.05, 4.69) is 22.3 Å². The van der Waals surface area contributed by atoms with E-state index in [0.29, 0.717) is 17.9 Å². The van der Waals surface area contributed by atoms with Crippen molar-refractivity contribution in [3.63, 3.8) is 0 Å². The number of hydrogen-bond donors (Lipinski definition) is 1. The highest BCUT2D eigenvalue weighted by Crippen LogP contribution is 2.52. The topological polar surface area (TPSA) is 41.6 Å². The quantitative estimate of drug-likeness (QED) is 0.727. The molecule has 2 aromatic rings. The average Bonchev–Trinajstić information content (AvgIpc) is 3.01. The first kappa shape index (κ1) is 22.2. The second kappa shape index (κ2) is 9.27. The lowest BCUT2D eigenvalue weighted by atomic mass is 9.72. The maximum absolute atomic E-state index is 14.1. The van der Waals surface area contributed by atoms with Crippen LogP contribution < -0.4 is 5.32 Å². The highest BCUT2D eigenvalue weighted by molar-refractivity contribution is 7.99. The second-order valence-electron chi connectivity index (χ2n) is 8.39. The molecule has 2 aromatic carbocycles. The molecule has 1 aliphatic carbocycles. The molecular formula is C24H28F2N2O2S. The molecular weight excluding hydrogens is 418 g/mol. The Bertz CT molecular complexity index is 947. The third-order valence-corrected chi connectivity index (χ3v) is 7.23. The Morgan fingerprint density at radius 2 is 1.97 bits per heavy atom. The third-order valence-electron chi connectivity index (χ3n) is 6.68. The predicted molar refractivity (Wildman–Crippen MR) is 119 cm³/mol. The van der Waals surface area contributed by atoms with Crippen LogP contribution in [0.5, 0.6) is 0 Å². The molecule has 0 unspecified atom stereocenters. The van der Waals surface area contributed by atoms with E-state index in [4.69, 9.17) is 4.74 Å². The molecule has 2 aliphatic rings. The minimum absolute atomic E-state index is 0.00502. The highest BCUT2D eigenvalue weighted by Gasteiger charge is 2.53. The van der Waals surface area contributed by atoms with Crippen molar-refractivity contribution >= 4 is 17.7 Å². The zero-order valence-corrected chi connectivity index (χ0v) is 18.7. The van der Waals surface area contributed by atoms with Gasteiger partial charge in [0.25, 0.3) is 0 Å². The number of ether oxygens (including phenoxy) is 1. The van der Waals surface area contributed by atoms with Crippen LogP contribution in [0.2, 0.25) is 0 Å². The molecule has 0 radical (unpaired) electrons. The number of fused-ring (bicyclic) bond motifs is 2. The fourth-order valence-electron chi connectivity index (χ4n) is 5.29. The molecule has 0 bridgehead atoms. The summed E-state index contributed by atoms with van der Waals surface area (Å²) in [5.74, 6) is -0.378. The van der Waals surface area contributed by atoms with Gasteiger partial charge in [0.15, 0.2) is 0 Å². The van der Waals surface area contributed by atoms with Gasteiger partial charge in [-0.25, -0.2) is 8.78 Å². The number of likely N-dealkylation sites (tertiary alicyclic amines) is 1. The van der Waals surface area contributed by atoms with Gasteiger partial charge in [0.05, 0.1) is 17.9 Å². The molecule has 4 rings (SSSR count). The maximum atomic E-state index is 14.1. The van der Waals surface area contributed by atoms with Crippen molar-refractivity contribution in [3.8, 4) is 0 Å². The van der Waals surface area contributed by atoms with Gasteiger partial charge in [-0.2, -0.15) is 11.8 Å². The fourth-order valence-corrected chi connectivity index (χ4v) is 5.63. The van der Waals surface area contributed by atoms with E-state index in [0.717, 1.165) is 37.6 Å². The molecule has 31 heavy (non-hydrogen) atoms. The first-order valence-electron chi connectivity index (χ1n) is 10.6. The molecule has 1 amide bonds. The van der Waals surface area contributed by atoms with Crippen molar-refractivity contribution in [2.75, 3.05) is 32.2 Å². The Morgan fingerprint density at radius 3 is 2.68 bits per heavy atom. The summed E-state index contributed by atoms with van der Waals surface area (Å²) in [4.78, 5) is 14.6. The number of nitrogens with zero attached hydrogens (tertiary/aromatic N) is 1. The minimum Gasteiger partial charge on any atom is -0.378 e. The lowest BCUT2D eigenvalue weighted by Gasteiger charge is -2.44. The second-order valence-corrected chi connectivity index (χ2v) is 9.26. The van der Waals surface area contributed by atoms with Crippen molar-refractivity contribution in [2.45, 2.75) is 36.9 Å². The van der Waals surface area contributed by atoms with E-state index in [1.165, 1.54) is 29.5 Å². The summed E-state index contributed by atoms with van der Waals surface area (Å²) in [6.07, 6.45) is 3.40. The van der Waals surface area contributed by atoms with Gasteiger partial charge in [0.1, 0.15) is 11.6 Å². The Kier molecular flexibility index (Phi) is 6.65. The summed E-state index contributed by atoms with van der Waals surface area (Å²) in [6, 6.07) is 11.7. The van der Waals surface area contributed by atoms with Gasteiger partial charge in [-0.1, -0.05) is 24.3 Å². The molecule has 1 fully saturated rings. The molecule has 1 spiro atoms. The Labute approximate surface area is 186 Å². The predicted octanol–water partition coefficient (Wildman–Crippen LogP) is 4.05. The van der Waals surface area contributed by atoms with Gasteiger partial charge in [0, 0.05) is 24.6 Å². The number of hydrogen-bond acceptors (Lipinski definition) is 4. The number of carbonyl (C=O) groups is 1. The summed E-state index contributed by atoms with van der Waals surface area (Å²) in [6.45, 7) is 1.87. The Hall–Kier alpha value is -1.96. The molecule has 166 valence electrons. The number of carbonyl (C=O) groups excluding carboxylic acids is 1. The molecule has 1 heterocycles. The normalized spacial score (nSPS) is 22.5. The minimum atomic E-state index is -0.419. The Morgan fingerprint density at radius 1 is 1.23 bits per heavy atom. The van der Waals surface area contributed by atoms with E-state index in [1.807, 2.05) is 18.4 Å². The number of amides is 1. The zero-order chi connectivity index (χ0) is 22.0. The van der Waals surface area contributed by atoms with Crippen molar-refractivity contribution in [2.24, 2.45) is 0 Å². The van der Waals surface area contributed by atoms with Crippen LogP contribution in [0.3, 0.4) is 0 Å². The monoisotopic (exact) mass is 446 g/mol. The van der Waals surface area contributed by atoms with E-state index < -0.39 is 5.82 Å². The molecule has 1 saturated heterocycles. The summed E-state index contributed by atoms with van der Waals surface area (Å²) in [7, 11) is 1.71. The van der Waals surface area contributed by atoms with Crippen LogP contribution in [0, 0.1) is 11.6 Å². The largest absolute Gasteiger partial charge is 0.378 e. The van der Waals surface area contributed by atoms with Crippen LogP contribution in [-0.4, -0.2) is 49.1 Å². The molecule has 1 aliphatic heterocycles. The third kappa shape index (κ3) is 4.23. The maximum Gasteiger partial charge on any atom is 0.230 e. The van der Waals surface area contributed by atoms with Crippen LogP contribution in [0.25, 0.3) is 0 Å². The number of nitrogens with one attached hydrogen (secondary N) is 1. The zero-order valence-electron chi connectivity index (χ0n) is 17.9. The number of rotatable bonds is 6.